The van der Waals surface area contributed by atoms with Crippen molar-refractivity contribution in [1.29, 1.82) is 0 Å². The molecule has 0 spiro atoms. The van der Waals surface area contributed by atoms with E-state index in [0.717, 1.165) is 32.7 Å². The first-order valence-corrected chi connectivity index (χ1v) is 13.8. The molecule has 9 rings (SSSR count). The second-order valence-electron chi connectivity index (χ2n) is 10.4. The second-order valence-corrected chi connectivity index (χ2v) is 10.4. The van der Waals surface area contributed by atoms with E-state index in [1.54, 1.807) is 6.07 Å². The average molecular weight is 559 g/mol. The van der Waals surface area contributed by atoms with Crippen molar-refractivity contribution in [1.82, 2.24) is 0 Å². The molecule has 0 aliphatic rings. The minimum Gasteiger partial charge on any atom is -0.456 e. The van der Waals surface area contributed by atoms with Crippen molar-refractivity contribution in [3.05, 3.63) is 157 Å². The smallest absolute Gasteiger partial charge is 0.135 e. The molecule has 0 saturated heterocycles. The minimum absolute atomic E-state index is 0.00289. The third-order valence-electron chi connectivity index (χ3n) is 7.98. The first-order valence-electron chi connectivity index (χ1n) is 19.8. The van der Waals surface area contributed by atoms with E-state index in [1.165, 1.54) is 0 Å². The molecule has 0 atom stereocenters. The lowest BCUT2D eigenvalue weighted by atomic mass is 9.85. The molecule has 0 radical (unpaired) electrons. The summed E-state index contributed by atoms with van der Waals surface area (Å²) in [7, 11) is 0. The summed E-state index contributed by atoms with van der Waals surface area (Å²) in [6.07, 6.45) is 0. The highest BCUT2D eigenvalue weighted by atomic mass is 16.3. The van der Waals surface area contributed by atoms with Gasteiger partial charge in [0, 0.05) is 10.8 Å². The maximum atomic E-state index is 9.53. The summed E-state index contributed by atoms with van der Waals surface area (Å²) in [5.74, 6) is 0. The minimum atomic E-state index is -0.489. The van der Waals surface area contributed by atoms with E-state index >= 15 is 0 Å². The standard InChI is InChI=1S/C42H26O/c1-2-10-27(11-3-1)28-18-19-30-25-31(21-20-29(30)24-28)41-34-13-4-6-15-36(34)42(37-16-7-5-14-35(37)41)32-22-23-40-38(26-32)33-12-8-9-17-39(33)43-40/h1-26H/i1D,2D,3D,8D,9D,10D,11D,12D,17D,22D,23D,26D. The summed E-state index contributed by atoms with van der Waals surface area (Å²) < 4.78 is 108. The summed E-state index contributed by atoms with van der Waals surface area (Å²) in [6, 6.07) is 22.3. The van der Waals surface area contributed by atoms with Gasteiger partial charge in [-0.05, 0) is 96.0 Å². The zero-order valence-electron chi connectivity index (χ0n) is 34.5. The van der Waals surface area contributed by atoms with Crippen molar-refractivity contribution in [2.24, 2.45) is 0 Å². The van der Waals surface area contributed by atoms with Crippen molar-refractivity contribution in [2.45, 2.75) is 0 Å². The van der Waals surface area contributed by atoms with E-state index in [9.17, 15) is 2.74 Å². The van der Waals surface area contributed by atoms with Crippen LogP contribution >= 0.6 is 0 Å². The molecule has 8 aromatic carbocycles. The summed E-state index contributed by atoms with van der Waals surface area (Å²) in [6.45, 7) is 0. The van der Waals surface area contributed by atoms with Crippen LogP contribution in [0.15, 0.2) is 162 Å². The van der Waals surface area contributed by atoms with Crippen molar-refractivity contribution in [2.75, 3.05) is 0 Å². The van der Waals surface area contributed by atoms with Gasteiger partial charge in [0.1, 0.15) is 11.2 Å². The average Bonchev–Trinajstić information content (AvgIpc) is 3.61. The van der Waals surface area contributed by atoms with Crippen LogP contribution in [0.2, 0.25) is 0 Å². The van der Waals surface area contributed by atoms with Gasteiger partial charge >= 0.3 is 0 Å². The van der Waals surface area contributed by atoms with Crippen LogP contribution in [0.1, 0.15) is 16.4 Å². The molecule has 0 amide bonds. The SMILES string of the molecule is [2H]c1c([2H])c([2H])c(-c2ccc3cc(-c4c5ccccc5c(-c5c([2H])c([2H])c6oc7c([2H])c([2H])c([2H])c([2H])c7c6c5[2H])c5ccccc45)ccc3c2)c([2H])c1[2H]. The summed E-state index contributed by atoms with van der Waals surface area (Å²) >= 11 is 0. The van der Waals surface area contributed by atoms with Gasteiger partial charge in [0.15, 0.2) is 0 Å². The fourth-order valence-corrected chi connectivity index (χ4v) is 6.09. The Morgan fingerprint density at radius 1 is 0.395 bits per heavy atom. The molecule has 1 nitrogen and oxygen atoms in total. The third-order valence-corrected chi connectivity index (χ3v) is 7.98. The molecule has 43 heavy (non-hydrogen) atoms. The van der Waals surface area contributed by atoms with Gasteiger partial charge in [0.25, 0.3) is 0 Å². The molecule has 1 aromatic heterocycles. The largest absolute Gasteiger partial charge is 0.456 e. The van der Waals surface area contributed by atoms with Crippen molar-refractivity contribution in [3.63, 3.8) is 0 Å². The van der Waals surface area contributed by atoms with Crippen LogP contribution in [0.4, 0.5) is 0 Å². The van der Waals surface area contributed by atoms with Crippen LogP contribution in [-0.2, 0) is 0 Å². The van der Waals surface area contributed by atoms with Gasteiger partial charge in [-0.3, -0.25) is 0 Å². The zero-order valence-corrected chi connectivity index (χ0v) is 22.5. The monoisotopic (exact) mass is 558 g/mol. The lowest BCUT2D eigenvalue weighted by Crippen LogP contribution is -1.91. The van der Waals surface area contributed by atoms with E-state index in [2.05, 4.69) is 0 Å². The van der Waals surface area contributed by atoms with E-state index in [4.69, 9.17) is 18.1 Å². The Morgan fingerprint density at radius 2 is 0.953 bits per heavy atom. The van der Waals surface area contributed by atoms with Crippen LogP contribution in [0.3, 0.4) is 0 Å². The third kappa shape index (κ3) is 3.79. The lowest BCUT2D eigenvalue weighted by molar-refractivity contribution is 0.669. The number of hydrogen-bond donors (Lipinski definition) is 0. The maximum absolute atomic E-state index is 9.53. The number of hydrogen-bond acceptors (Lipinski definition) is 1. The molecule has 0 bridgehead atoms. The molecule has 0 N–H and O–H groups in total. The fraction of sp³-hybridized carbons (Fsp3) is 0. The first kappa shape index (κ1) is 15.0. The van der Waals surface area contributed by atoms with Crippen LogP contribution in [0.5, 0.6) is 0 Å². The van der Waals surface area contributed by atoms with E-state index in [1.807, 2.05) is 78.9 Å². The molecular weight excluding hydrogens is 520 g/mol. The molecule has 200 valence electrons. The summed E-state index contributed by atoms with van der Waals surface area (Å²) in [4.78, 5) is 0. The Balaban J connectivity index is 1.31. The van der Waals surface area contributed by atoms with E-state index < -0.39 is 36.3 Å². The van der Waals surface area contributed by atoms with Crippen LogP contribution < -0.4 is 0 Å². The molecule has 0 fully saturated rings. The Kier molecular flexibility index (Phi) is 3.29. The number of benzene rings is 8. The second kappa shape index (κ2) is 9.44. The van der Waals surface area contributed by atoms with Gasteiger partial charge in [0.2, 0.25) is 0 Å². The van der Waals surface area contributed by atoms with Gasteiger partial charge in [0.05, 0.1) is 16.4 Å². The normalized spacial score (nSPS) is 15.6. The number of para-hydroxylation sites is 1. The van der Waals surface area contributed by atoms with Crippen LogP contribution in [0.25, 0.3) is 87.6 Å². The fourth-order valence-electron chi connectivity index (χ4n) is 6.09. The molecular formula is C42H26O. The lowest BCUT2D eigenvalue weighted by Gasteiger charge is -2.18. The van der Waals surface area contributed by atoms with Gasteiger partial charge in [-0.15, -0.1) is 0 Å². The first-order chi connectivity index (χ1) is 26.3. The van der Waals surface area contributed by atoms with Gasteiger partial charge in [-0.25, -0.2) is 0 Å². The van der Waals surface area contributed by atoms with Gasteiger partial charge in [-0.1, -0.05) is 127 Å². The summed E-state index contributed by atoms with van der Waals surface area (Å²) in [5.41, 5.74) is 2.77. The van der Waals surface area contributed by atoms with Crippen molar-refractivity contribution < 1.29 is 20.9 Å². The van der Waals surface area contributed by atoms with Crippen molar-refractivity contribution >= 4 is 54.3 Å². The highest BCUT2D eigenvalue weighted by Gasteiger charge is 2.18. The van der Waals surface area contributed by atoms with E-state index in [-0.39, 0.29) is 69.3 Å². The van der Waals surface area contributed by atoms with Crippen LogP contribution in [-0.4, -0.2) is 0 Å². The van der Waals surface area contributed by atoms with Crippen LogP contribution in [0, 0.1) is 0 Å². The molecule has 0 aliphatic heterocycles. The maximum Gasteiger partial charge on any atom is 0.135 e. The van der Waals surface area contributed by atoms with Gasteiger partial charge in [-0.2, -0.15) is 0 Å². The molecule has 1 heteroatoms. The molecule has 0 saturated carbocycles. The predicted molar refractivity (Wildman–Crippen MR) is 183 cm³/mol. The number of fused-ring (bicyclic) bond motifs is 6. The Labute approximate surface area is 266 Å². The van der Waals surface area contributed by atoms with Crippen molar-refractivity contribution in [3.8, 4) is 33.4 Å². The Hall–Kier alpha value is -5.66. The van der Waals surface area contributed by atoms with E-state index in [0.29, 0.717) is 21.9 Å². The Morgan fingerprint density at radius 3 is 1.65 bits per heavy atom. The topological polar surface area (TPSA) is 13.1 Å². The summed E-state index contributed by atoms with van der Waals surface area (Å²) in [5, 5.41) is 4.76. The highest BCUT2D eigenvalue weighted by Crippen LogP contribution is 2.45. The highest BCUT2D eigenvalue weighted by molar-refractivity contribution is 6.22. The predicted octanol–water partition coefficient (Wildman–Crippen LogP) is 12.0. The quantitative estimate of drug-likeness (QED) is 0.197. The molecule has 0 unspecified atom stereocenters. The Bertz CT molecular complexity index is 3100. The zero-order chi connectivity index (χ0) is 38.8. The molecule has 0 aliphatic carbocycles. The molecule has 1 heterocycles. The number of rotatable bonds is 3. The molecule has 9 aromatic rings. The van der Waals surface area contributed by atoms with Gasteiger partial charge < -0.3 is 4.42 Å². The number of furan rings is 1.